The molecule has 96 valence electrons. The molecule has 1 unspecified atom stereocenters. The lowest BCUT2D eigenvalue weighted by Crippen LogP contribution is -2.21. The summed E-state index contributed by atoms with van der Waals surface area (Å²) in [6.45, 7) is 6.57. The van der Waals surface area contributed by atoms with Gasteiger partial charge < -0.3 is 10.1 Å². The Morgan fingerprint density at radius 2 is 2.29 bits per heavy atom. The zero-order valence-corrected chi connectivity index (χ0v) is 10.6. The van der Waals surface area contributed by atoms with Crippen molar-refractivity contribution in [3.8, 4) is 0 Å². The predicted molar refractivity (Wildman–Crippen MR) is 64.2 cm³/mol. The Hall–Kier alpha value is -1.63. The summed E-state index contributed by atoms with van der Waals surface area (Å²) in [5.74, 6) is 0.416. The molecular formula is C10H18N4O3. The van der Waals surface area contributed by atoms with Gasteiger partial charge in [-0.25, -0.2) is 4.68 Å². The molecule has 0 aromatic carbocycles. The molecule has 1 aromatic rings. The van der Waals surface area contributed by atoms with E-state index in [-0.39, 0.29) is 11.8 Å². The highest BCUT2D eigenvalue weighted by Crippen LogP contribution is 2.27. The molecule has 0 bridgehead atoms. The van der Waals surface area contributed by atoms with Crippen molar-refractivity contribution in [3.63, 3.8) is 0 Å². The molecule has 0 aliphatic carbocycles. The van der Waals surface area contributed by atoms with Gasteiger partial charge in [0, 0.05) is 20.2 Å². The Kier molecular flexibility index (Phi) is 4.45. The monoisotopic (exact) mass is 242 g/mol. The van der Waals surface area contributed by atoms with Crippen LogP contribution in [0.4, 0.5) is 11.5 Å². The average molecular weight is 242 g/mol. The molecule has 1 atom stereocenters. The molecule has 0 saturated heterocycles. The minimum Gasteiger partial charge on any atom is -0.377 e. The second kappa shape index (κ2) is 5.62. The molecule has 0 aliphatic rings. The van der Waals surface area contributed by atoms with E-state index in [2.05, 4.69) is 10.4 Å². The van der Waals surface area contributed by atoms with E-state index < -0.39 is 4.92 Å². The SMILES string of the molecule is CCOC(C)CNc1c([N+](=O)[O-])c(C)nn1C. The molecule has 0 fully saturated rings. The number of hydrogen-bond acceptors (Lipinski definition) is 5. The number of hydrogen-bond donors (Lipinski definition) is 1. The third kappa shape index (κ3) is 3.16. The van der Waals surface area contributed by atoms with Crippen LogP contribution >= 0.6 is 0 Å². The van der Waals surface area contributed by atoms with Gasteiger partial charge in [-0.2, -0.15) is 5.10 Å². The van der Waals surface area contributed by atoms with Crippen molar-refractivity contribution in [2.24, 2.45) is 7.05 Å². The van der Waals surface area contributed by atoms with Crippen molar-refractivity contribution in [2.45, 2.75) is 26.9 Å². The van der Waals surface area contributed by atoms with Crippen LogP contribution in [0, 0.1) is 17.0 Å². The summed E-state index contributed by atoms with van der Waals surface area (Å²) >= 11 is 0. The van der Waals surface area contributed by atoms with Gasteiger partial charge in [0.1, 0.15) is 5.69 Å². The maximum absolute atomic E-state index is 10.9. The molecule has 1 aromatic heterocycles. The van der Waals surface area contributed by atoms with E-state index >= 15 is 0 Å². The maximum atomic E-state index is 10.9. The number of nitro groups is 1. The number of rotatable bonds is 6. The smallest absolute Gasteiger partial charge is 0.333 e. The van der Waals surface area contributed by atoms with Crippen LogP contribution in [-0.2, 0) is 11.8 Å². The van der Waals surface area contributed by atoms with E-state index in [0.29, 0.717) is 24.7 Å². The summed E-state index contributed by atoms with van der Waals surface area (Å²) < 4.78 is 6.83. The summed E-state index contributed by atoms with van der Waals surface area (Å²) in [4.78, 5) is 10.5. The van der Waals surface area contributed by atoms with Crippen LogP contribution in [0.2, 0.25) is 0 Å². The van der Waals surface area contributed by atoms with E-state index in [1.165, 1.54) is 4.68 Å². The number of nitrogens with zero attached hydrogens (tertiary/aromatic N) is 3. The van der Waals surface area contributed by atoms with Gasteiger partial charge in [0.15, 0.2) is 0 Å². The molecular weight excluding hydrogens is 224 g/mol. The highest BCUT2D eigenvalue weighted by Gasteiger charge is 2.23. The Morgan fingerprint density at radius 1 is 1.65 bits per heavy atom. The standard InChI is InChI=1S/C10H18N4O3/c1-5-17-7(2)6-11-10-9(14(15)16)8(3)12-13(10)4/h7,11H,5-6H2,1-4H3. The van der Waals surface area contributed by atoms with E-state index in [0.717, 1.165) is 0 Å². The quantitative estimate of drug-likeness (QED) is 0.603. The van der Waals surface area contributed by atoms with Crippen LogP contribution in [0.3, 0.4) is 0 Å². The predicted octanol–water partition coefficient (Wildman–Crippen LogP) is 1.47. The molecule has 1 heterocycles. The fourth-order valence-corrected chi connectivity index (χ4v) is 1.65. The van der Waals surface area contributed by atoms with Crippen LogP contribution in [0.25, 0.3) is 0 Å². The minimum absolute atomic E-state index is 0.00481. The van der Waals surface area contributed by atoms with Gasteiger partial charge in [-0.05, 0) is 20.8 Å². The van der Waals surface area contributed by atoms with Crippen LogP contribution in [-0.4, -0.2) is 34.0 Å². The first kappa shape index (κ1) is 13.4. The van der Waals surface area contributed by atoms with Gasteiger partial charge in [-0.3, -0.25) is 10.1 Å². The van der Waals surface area contributed by atoms with E-state index in [1.807, 2.05) is 13.8 Å². The summed E-state index contributed by atoms with van der Waals surface area (Å²) in [5.41, 5.74) is 0.431. The van der Waals surface area contributed by atoms with Crippen LogP contribution in [0.1, 0.15) is 19.5 Å². The molecule has 17 heavy (non-hydrogen) atoms. The van der Waals surface area contributed by atoms with E-state index in [1.54, 1.807) is 14.0 Å². The highest BCUT2D eigenvalue weighted by molar-refractivity contribution is 5.59. The maximum Gasteiger partial charge on any atom is 0.333 e. The van der Waals surface area contributed by atoms with Gasteiger partial charge in [-0.15, -0.1) is 0 Å². The van der Waals surface area contributed by atoms with Crippen molar-refractivity contribution in [1.29, 1.82) is 0 Å². The van der Waals surface area contributed by atoms with Crippen LogP contribution in [0.5, 0.6) is 0 Å². The average Bonchev–Trinajstić information content (AvgIpc) is 2.50. The molecule has 0 radical (unpaired) electrons. The van der Waals surface area contributed by atoms with Gasteiger partial charge in [0.05, 0.1) is 11.0 Å². The lowest BCUT2D eigenvalue weighted by Gasteiger charge is -2.12. The Morgan fingerprint density at radius 3 is 2.82 bits per heavy atom. The largest absolute Gasteiger partial charge is 0.377 e. The van der Waals surface area contributed by atoms with E-state index in [9.17, 15) is 10.1 Å². The summed E-state index contributed by atoms with van der Waals surface area (Å²) in [6.07, 6.45) is -0.00481. The number of aryl methyl sites for hydroxylation is 2. The van der Waals surface area contributed by atoms with Crippen LogP contribution < -0.4 is 5.32 Å². The fraction of sp³-hybridized carbons (Fsp3) is 0.700. The first-order chi connectivity index (χ1) is 7.97. The van der Waals surface area contributed by atoms with Crippen molar-refractivity contribution < 1.29 is 9.66 Å². The van der Waals surface area contributed by atoms with Gasteiger partial charge in [0.2, 0.25) is 5.82 Å². The second-order valence-corrected chi connectivity index (χ2v) is 3.81. The van der Waals surface area contributed by atoms with Crippen molar-refractivity contribution >= 4 is 11.5 Å². The lowest BCUT2D eigenvalue weighted by atomic mass is 10.3. The van der Waals surface area contributed by atoms with E-state index in [4.69, 9.17) is 4.74 Å². The van der Waals surface area contributed by atoms with Gasteiger partial charge in [0.25, 0.3) is 0 Å². The van der Waals surface area contributed by atoms with Crippen molar-refractivity contribution in [3.05, 3.63) is 15.8 Å². The Balaban J connectivity index is 2.80. The van der Waals surface area contributed by atoms with Crippen molar-refractivity contribution in [1.82, 2.24) is 9.78 Å². The molecule has 0 amide bonds. The van der Waals surface area contributed by atoms with Crippen molar-refractivity contribution in [2.75, 3.05) is 18.5 Å². The summed E-state index contributed by atoms with van der Waals surface area (Å²) in [7, 11) is 1.67. The molecule has 1 N–H and O–H groups in total. The number of anilines is 1. The first-order valence-corrected chi connectivity index (χ1v) is 5.50. The molecule has 0 spiro atoms. The van der Waals surface area contributed by atoms with Gasteiger partial charge in [-0.1, -0.05) is 0 Å². The minimum atomic E-state index is -0.421. The second-order valence-electron chi connectivity index (χ2n) is 3.81. The topological polar surface area (TPSA) is 82.2 Å². The Labute approximate surface area is 99.9 Å². The Bertz CT molecular complexity index is 403. The molecule has 7 nitrogen and oxygen atoms in total. The lowest BCUT2D eigenvalue weighted by molar-refractivity contribution is -0.384. The highest BCUT2D eigenvalue weighted by atomic mass is 16.6. The number of aromatic nitrogens is 2. The molecule has 0 saturated carbocycles. The molecule has 0 aliphatic heterocycles. The number of ether oxygens (including phenoxy) is 1. The zero-order valence-electron chi connectivity index (χ0n) is 10.6. The molecule has 7 heteroatoms. The fourth-order valence-electron chi connectivity index (χ4n) is 1.65. The zero-order chi connectivity index (χ0) is 13.0. The normalized spacial score (nSPS) is 12.5. The first-order valence-electron chi connectivity index (χ1n) is 5.50. The van der Waals surface area contributed by atoms with Crippen LogP contribution in [0.15, 0.2) is 0 Å². The number of nitrogens with one attached hydrogen (secondary N) is 1. The van der Waals surface area contributed by atoms with Gasteiger partial charge >= 0.3 is 5.69 Å². The third-order valence-corrected chi connectivity index (χ3v) is 2.38. The summed E-state index contributed by atoms with van der Waals surface area (Å²) in [6, 6.07) is 0. The summed E-state index contributed by atoms with van der Waals surface area (Å²) in [5, 5.41) is 17.9. The molecule has 1 rings (SSSR count). The third-order valence-electron chi connectivity index (χ3n) is 2.38.